The van der Waals surface area contributed by atoms with Crippen LogP contribution < -0.4 is 0 Å². The molecule has 0 N–H and O–H groups in total. The van der Waals surface area contributed by atoms with Crippen LogP contribution in [-0.2, 0) is 0 Å². The Labute approximate surface area is 64.6 Å². The second-order valence-electron chi connectivity index (χ2n) is 1.32. The maximum Gasteiger partial charge on any atom is 0.266 e. The largest absolute Gasteiger partial charge is 0.322 e. The summed E-state index contributed by atoms with van der Waals surface area (Å²) < 4.78 is 2.02. The third kappa shape index (κ3) is 3.91. The summed E-state index contributed by atoms with van der Waals surface area (Å²) in [6.45, 7) is 3.13. The lowest BCUT2D eigenvalue weighted by atomic mass is 10.5. The SMILES string of the molecule is CCCN([Si]Cl)[Si]Cl. The Morgan fingerprint density at radius 1 is 1.38 bits per heavy atom. The molecular weight excluding hydrogens is 177 g/mol. The van der Waals surface area contributed by atoms with E-state index >= 15 is 0 Å². The molecule has 5 heteroatoms. The van der Waals surface area contributed by atoms with E-state index in [1.807, 2.05) is 4.23 Å². The molecule has 0 aliphatic carbocycles. The van der Waals surface area contributed by atoms with Crippen molar-refractivity contribution in [2.75, 3.05) is 6.54 Å². The minimum absolute atomic E-state index is 0.342. The van der Waals surface area contributed by atoms with Crippen LogP contribution in [0.15, 0.2) is 0 Å². The summed E-state index contributed by atoms with van der Waals surface area (Å²) in [6, 6.07) is 0. The van der Waals surface area contributed by atoms with Crippen LogP contribution in [0.4, 0.5) is 0 Å². The lowest BCUT2D eigenvalue weighted by Gasteiger charge is -2.10. The maximum absolute atomic E-state index is 5.52. The fourth-order valence-corrected chi connectivity index (χ4v) is 2.73. The Bertz CT molecular complexity index is 50.5. The zero-order valence-corrected chi connectivity index (χ0v) is 8.13. The zero-order chi connectivity index (χ0) is 6.41. The Morgan fingerprint density at radius 2 is 1.88 bits per heavy atom. The first-order valence-corrected chi connectivity index (χ1v) is 6.27. The highest BCUT2D eigenvalue weighted by atomic mass is 35.6. The third-order valence-electron chi connectivity index (χ3n) is 0.651. The summed E-state index contributed by atoms with van der Waals surface area (Å²) in [4.78, 5) is 0. The van der Waals surface area contributed by atoms with Crippen LogP contribution in [0.3, 0.4) is 0 Å². The van der Waals surface area contributed by atoms with Crippen LogP contribution >= 0.6 is 22.2 Å². The first-order chi connectivity index (χ1) is 3.85. The van der Waals surface area contributed by atoms with Gasteiger partial charge in [-0.3, -0.25) is 0 Å². The highest BCUT2D eigenvalue weighted by molar-refractivity contribution is 7.02. The second kappa shape index (κ2) is 6.10. The van der Waals surface area contributed by atoms with Gasteiger partial charge in [0.1, 0.15) is 0 Å². The summed E-state index contributed by atoms with van der Waals surface area (Å²) in [5.41, 5.74) is 0. The Hall–Kier alpha value is 0.974. The van der Waals surface area contributed by atoms with Crippen LogP contribution in [0.5, 0.6) is 0 Å². The van der Waals surface area contributed by atoms with E-state index in [-0.39, 0.29) is 0 Å². The molecule has 0 saturated carbocycles. The van der Waals surface area contributed by atoms with Crippen molar-refractivity contribution in [2.45, 2.75) is 13.3 Å². The van der Waals surface area contributed by atoms with E-state index in [0.29, 0.717) is 18.0 Å². The molecule has 0 fully saturated rings. The lowest BCUT2D eigenvalue weighted by Crippen LogP contribution is -2.26. The van der Waals surface area contributed by atoms with Gasteiger partial charge >= 0.3 is 0 Å². The van der Waals surface area contributed by atoms with Gasteiger partial charge in [0.25, 0.3) is 18.0 Å². The van der Waals surface area contributed by atoms with E-state index < -0.39 is 0 Å². The summed E-state index contributed by atoms with van der Waals surface area (Å²) >= 11 is 11.0. The quantitative estimate of drug-likeness (QED) is 0.469. The van der Waals surface area contributed by atoms with Gasteiger partial charge in [-0.15, -0.1) is 22.2 Å². The van der Waals surface area contributed by atoms with Crippen LogP contribution in [0.2, 0.25) is 0 Å². The molecular formula is C3H7Cl2NSi2. The second-order valence-corrected chi connectivity index (χ2v) is 4.20. The molecule has 0 aliphatic rings. The minimum atomic E-state index is 0.342. The Kier molecular flexibility index (Phi) is 6.84. The molecule has 0 aromatic carbocycles. The Morgan fingerprint density at radius 3 is 2.00 bits per heavy atom. The van der Waals surface area contributed by atoms with Crippen LogP contribution in [-0.4, -0.2) is 28.8 Å². The molecule has 0 saturated heterocycles. The van der Waals surface area contributed by atoms with Crippen molar-refractivity contribution in [3.8, 4) is 0 Å². The molecule has 0 rings (SSSR count). The van der Waals surface area contributed by atoms with Crippen molar-refractivity contribution >= 4 is 40.1 Å². The van der Waals surface area contributed by atoms with Gasteiger partial charge in [-0.25, -0.2) is 0 Å². The first kappa shape index (κ1) is 8.97. The predicted octanol–water partition coefficient (Wildman–Crippen LogP) is 1.24. The van der Waals surface area contributed by atoms with Crippen LogP contribution in [0.1, 0.15) is 13.3 Å². The molecule has 0 bridgehead atoms. The molecule has 46 valence electrons. The first-order valence-electron chi connectivity index (χ1n) is 2.35. The monoisotopic (exact) mass is 183 g/mol. The van der Waals surface area contributed by atoms with Crippen molar-refractivity contribution in [1.29, 1.82) is 0 Å². The summed E-state index contributed by atoms with van der Waals surface area (Å²) in [7, 11) is 0.683. The molecule has 1 nitrogen and oxygen atoms in total. The van der Waals surface area contributed by atoms with Crippen LogP contribution in [0.25, 0.3) is 0 Å². The Balaban J connectivity index is 3.07. The van der Waals surface area contributed by atoms with E-state index in [1.54, 1.807) is 0 Å². The van der Waals surface area contributed by atoms with Gasteiger partial charge in [-0.05, 0) is 13.0 Å². The minimum Gasteiger partial charge on any atom is -0.322 e. The topological polar surface area (TPSA) is 3.24 Å². The van der Waals surface area contributed by atoms with Gasteiger partial charge in [0.15, 0.2) is 0 Å². The van der Waals surface area contributed by atoms with Gasteiger partial charge in [-0.1, -0.05) is 6.92 Å². The van der Waals surface area contributed by atoms with E-state index in [2.05, 4.69) is 6.92 Å². The van der Waals surface area contributed by atoms with E-state index in [1.165, 1.54) is 0 Å². The van der Waals surface area contributed by atoms with Crippen molar-refractivity contribution in [1.82, 2.24) is 4.23 Å². The van der Waals surface area contributed by atoms with Crippen LogP contribution in [0, 0.1) is 0 Å². The summed E-state index contributed by atoms with van der Waals surface area (Å²) in [6.07, 6.45) is 1.12. The average Bonchev–Trinajstić information content (AvgIpc) is 1.83. The number of halogens is 2. The molecule has 0 aromatic heterocycles. The molecule has 8 heavy (non-hydrogen) atoms. The highest BCUT2D eigenvalue weighted by Crippen LogP contribution is 1.89. The summed E-state index contributed by atoms with van der Waals surface area (Å²) in [5, 5.41) is 0. The van der Waals surface area contributed by atoms with Crippen molar-refractivity contribution < 1.29 is 0 Å². The normalized spacial score (nSPS) is 10.5. The van der Waals surface area contributed by atoms with E-state index in [0.717, 1.165) is 13.0 Å². The van der Waals surface area contributed by atoms with Gasteiger partial charge in [0.2, 0.25) is 0 Å². The average molecular weight is 184 g/mol. The molecule has 0 heterocycles. The molecule has 4 radical (unpaired) electrons. The number of hydrogen-bond donors (Lipinski definition) is 0. The van der Waals surface area contributed by atoms with Crippen molar-refractivity contribution in [3.63, 3.8) is 0 Å². The molecule has 0 amide bonds. The van der Waals surface area contributed by atoms with Gasteiger partial charge in [0.05, 0.1) is 0 Å². The molecule has 0 unspecified atom stereocenters. The van der Waals surface area contributed by atoms with Gasteiger partial charge in [-0.2, -0.15) is 0 Å². The number of nitrogens with zero attached hydrogens (tertiary/aromatic N) is 1. The lowest BCUT2D eigenvalue weighted by molar-refractivity contribution is 0.668. The van der Waals surface area contributed by atoms with Gasteiger partial charge in [0, 0.05) is 0 Å². The molecule has 0 atom stereocenters. The number of hydrogen-bond acceptors (Lipinski definition) is 1. The number of rotatable bonds is 4. The molecule has 0 aliphatic heterocycles. The molecule has 0 aromatic rings. The van der Waals surface area contributed by atoms with Crippen molar-refractivity contribution in [3.05, 3.63) is 0 Å². The summed E-state index contributed by atoms with van der Waals surface area (Å²) in [5.74, 6) is 0. The van der Waals surface area contributed by atoms with Crippen molar-refractivity contribution in [2.24, 2.45) is 0 Å². The fraction of sp³-hybridized carbons (Fsp3) is 1.00. The maximum atomic E-state index is 5.52. The predicted molar refractivity (Wildman–Crippen MR) is 40.2 cm³/mol. The van der Waals surface area contributed by atoms with E-state index in [4.69, 9.17) is 22.2 Å². The fourth-order valence-electron chi connectivity index (χ4n) is 0.324. The smallest absolute Gasteiger partial charge is 0.266 e. The standard InChI is InChI=1S/C3H7Cl2NSi2/c1-2-3-6(7-4)8-5/h2-3H2,1H3. The highest BCUT2D eigenvalue weighted by Gasteiger charge is 2.00. The van der Waals surface area contributed by atoms with Gasteiger partial charge < -0.3 is 4.23 Å². The zero-order valence-electron chi connectivity index (χ0n) is 4.62. The molecule has 0 spiro atoms. The third-order valence-corrected chi connectivity index (χ3v) is 4.25. The van der Waals surface area contributed by atoms with E-state index in [9.17, 15) is 0 Å².